The summed E-state index contributed by atoms with van der Waals surface area (Å²) < 4.78 is 5.16. The summed E-state index contributed by atoms with van der Waals surface area (Å²) >= 11 is 0. The van der Waals surface area contributed by atoms with Crippen LogP contribution < -0.4 is 5.73 Å². The van der Waals surface area contributed by atoms with Gasteiger partial charge in [-0.3, -0.25) is 4.79 Å². The molecule has 0 aromatic rings. The van der Waals surface area contributed by atoms with Gasteiger partial charge in [0.05, 0.1) is 12.5 Å². The molecule has 2 N–H and O–H groups in total. The monoisotopic (exact) mass is 241 g/mol. The minimum Gasteiger partial charge on any atom is -0.460 e. The average molecular weight is 241 g/mol. The quantitative estimate of drug-likeness (QED) is 0.456. The van der Waals surface area contributed by atoms with Crippen molar-refractivity contribution >= 4 is 14.0 Å². The summed E-state index contributed by atoms with van der Waals surface area (Å²) in [5.74, 6) is 2.64. The van der Waals surface area contributed by atoms with Gasteiger partial charge in [-0.1, -0.05) is 25.6 Å². The van der Waals surface area contributed by atoms with Crippen LogP contribution in [-0.4, -0.2) is 25.7 Å². The van der Waals surface area contributed by atoms with E-state index in [1.54, 1.807) is 0 Å². The van der Waals surface area contributed by atoms with E-state index in [1.165, 1.54) is 0 Å². The van der Waals surface area contributed by atoms with Crippen molar-refractivity contribution in [3.05, 3.63) is 0 Å². The van der Waals surface area contributed by atoms with E-state index >= 15 is 0 Å². The van der Waals surface area contributed by atoms with Crippen LogP contribution in [0.1, 0.15) is 27.2 Å². The van der Waals surface area contributed by atoms with Crippen LogP contribution in [0.4, 0.5) is 0 Å². The molecular formula is C12H23NO2Si. The lowest BCUT2D eigenvalue weighted by molar-refractivity contribution is -0.154. The summed E-state index contributed by atoms with van der Waals surface area (Å²) in [5, 5.41) is 0. The lowest BCUT2D eigenvalue weighted by atomic mass is 10.2. The van der Waals surface area contributed by atoms with Crippen molar-refractivity contribution in [1.82, 2.24) is 0 Å². The number of ether oxygens (including phenoxy) is 1. The van der Waals surface area contributed by atoms with Crippen molar-refractivity contribution in [2.24, 2.45) is 5.73 Å². The van der Waals surface area contributed by atoms with Crippen molar-refractivity contribution < 1.29 is 9.53 Å². The molecule has 16 heavy (non-hydrogen) atoms. The first kappa shape index (κ1) is 15.2. The van der Waals surface area contributed by atoms with Gasteiger partial charge in [0.25, 0.3) is 0 Å². The van der Waals surface area contributed by atoms with E-state index in [0.717, 1.165) is 0 Å². The van der Waals surface area contributed by atoms with E-state index in [9.17, 15) is 4.79 Å². The van der Waals surface area contributed by atoms with Gasteiger partial charge in [0.1, 0.15) is 13.7 Å². The predicted molar refractivity (Wildman–Crippen MR) is 69.6 cm³/mol. The fourth-order valence-corrected chi connectivity index (χ4v) is 1.54. The fraction of sp³-hybridized carbons (Fsp3) is 0.750. The highest BCUT2D eigenvalue weighted by Crippen LogP contribution is 2.08. The molecule has 0 aromatic heterocycles. The SMILES string of the molecule is CC(C)(C)OC(=O)C[C@@H](N)C#C[Si](C)(C)C. The highest BCUT2D eigenvalue weighted by molar-refractivity contribution is 6.83. The second-order valence-electron chi connectivity index (χ2n) is 5.92. The molecule has 0 saturated carbocycles. The Bertz CT molecular complexity index is 302. The second kappa shape index (κ2) is 5.51. The first-order valence-corrected chi connectivity index (χ1v) is 9.00. The molecule has 0 heterocycles. The largest absolute Gasteiger partial charge is 0.460 e. The standard InChI is InChI=1S/C12H23NO2Si/c1-12(2,3)15-11(14)9-10(13)7-8-16(4,5)6/h10H,9,13H2,1-6H3/t10-/m0/s1. The minimum absolute atomic E-state index is 0.161. The predicted octanol–water partition coefficient (Wildman–Crippen LogP) is 1.93. The van der Waals surface area contributed by atoms with Crippen LogP contribution in [0.25, 0.3) is 0 Å². The molecule has 3 nitrogen and oxygen atoms in total. The van der Waals surface area contributed by atoms with Crippen LogP contribution in [0, 0.1) is 11.5 Å². The Morgan fingerprint density at radius 2 is 1.88 bits per heavy atom. The highest BCUT2D eigenvalue weighted by Gasteiger charge is 2.18. The molecule has 0 aromatic carbocycles. The maximum absolute atomic E-state index is 11.4. The number of nitrogens with two attached hydrogens (primary N) is 1. The van der Waals surface area contributed by atoms with E-state index in [-0.39, 0.29) is 12.4 Å². The molecule has 0 aliphatic heterocycles. The zero-order valence-electron chi connectivity index (χ0n) is 11.2. The van der Waals surface area contributed by atoms with Crippen LogP contribution in [-0.2, 0) is 9.53 Å². The molecule has 92 valence electrons. The van der Waals surface area contributed by atoms with E-state index in [2.05, 4.69) is 31.1 Å². The fourth-order valence-electron chi connectivity index (χ4n) is 0.923. The van der Waals surface area contributed by atoms with Gasteiger partial charge in [-0.05, 0) is 20.8 Å². The van der Waals surface area contributed by atoms with E-state index in [4.69, 9.17) is 10.5 Å². The first-order chi connectivity index (χ1) is 6.99. The van der Waals surface area contributed by atoms with Gasteiger partial charge in [0.15, 0.2) is 0 Å². The van der Waals surface area contributed by atoms with Gasteiger partial charge in [-0.2, -0.15) is 0 Å². The number of rotatable bonds is 2. The van der Waals surface area contributed by atoms with Crippen molar-refractivity contribution in [3.8, 4) is 11.5 Å². The van der Waals surface area contributed by atoms with Crippen LogP contribution >= 0.6 is 0 Å². The summed E-state index contributed by atoms with van der Waals surface area (Å²) in [6.07, 6.45) is 0.161. The Labute approximate surface area is 99.7 Å². The van der Waals surface area contributed by atoms with E-state index in [0.29, 0.717) is 0 Å². The van der Waals surface area contributed by atoms with Crippen molar-refractivity contribution in [2.45, 2.75) is 58.5 Å². The molecule has 0 amide bonds. The summed E-state index contributed by atoms with van der Waals surface area (Å²) in [6, 6.07) is -0.415. The summed E-state index contributed by atoms with van der Waals surface area (Å²) in [6.45, 7) is 11.9. The minimum atomic E-state index is -1.41. The van der Waals surface area contributed by atoms with Crippen LogP contribution in [0.15, 0.2) is 0 Å². The molecule has 0 bridgehead atoms. The number of hydrogen-bond donors (Lipinski definition) is 1. The molecule has 0 saturated heterocycles. The Balaban J connectivity index is 4.20. The van der Waals surface area contributed by atoms with Crippen LogP contribution in [0.2, 0.25) is 19.6 Å². The molecule has 0 rings (SSSR count). The summed E-state index contributed by atoms with van der Waals surface area (Å²) in [4.78, 5) is 11.4. The summed E-state index contributed by atoms with van der Waals surface area (Å²) in [5.41, 5.74) is 8.44. The molecule has 0 aliphatic rings. The van der Waals surface area contributed by atoms with Crippen molar-refractivity contribution in [2.75, 3.05) is 0 Å². The van der Waals surface area contributed by atoms with Gasteiger partial charge in [0.2, 0.25) is 0 Å². The number of hydrogen-bond acceptors (Lipinski definition) is 3. The lowest BCUT2D eigenvalue weighted by Crippen LogP contribution is -2.30. The Morgan fingerprint density at radius 1 is 1.38 bits per heavy atom. The highest BCUT2D eigenvalue weighted by atomic mass is 28.3. The van der Waals surface area contributed by atoms with Crippen molar-refractivity contribution in [3.63, 3.8) is 0 Å². The molecule has 0 unspecified atom stereocenters. The zero-order valence-corrected chi connectivity index (χ0v) is 12.2. The van der Waals surface area contributed by atoms with Crippen LogP contribution in [0.5, 0.6) is 0 Å². The molecule has 0 spiro atoms. The number of carbonyl (C=O) groups is 1. The van der Waals surface area contributed by atoms with Gasteiger partial charge in [-0.25, -0.2) is 0 Å². The Kier molecular flexibility index (Phi) is 5.24. The smallest absolute Gasteiger partial charge is 0.308 e. The average Bonchev–Trinajstić information content (AvgIpc) is 1.95. The maximum atomic E-state index is 11.4. The van der Waals surface area contributed by atoms with Crippen molar-refractivity contribution in [1.29, 1.82) is 0 Å². The number of esters is 1. The molecule has 0 radical (unpaired) electrons. The second-order valence-corrected chi connectivity index (χ2v) is 10.7. The lowest BCUT2D eigenvalue weighted by Gasteiger charge is -2.20. The molecular weight excluding hydrogens is 218 g/mol. The van der Waals surface area contributed by atoms with Gasteiger partial charge < -0.3 is 10.5 Å². The molecule has 4 heteroatoms. The third kappa shape index (κ3) is 9.75. The Hall–Kier alpha value is -0.793. The topological polar surface area (TPSA) is 52.3 Å². The normalized spacial score (nSPS) is 13.7. The van der Waals surface area contributed by atoms with E-state index < -0.39 is 19.7 Å². The van der Waals surface area contributed by atoms with Gasteiger partial charge >= 0.3 is 5.97 Å². The molecule has 0 aliphatic carbocycles. The van der Waals surface area contributed by atoms with Gasteiger partial charge in [0, 0.05) is 0 Å². The third-order valence-electron chi connectivity index (χ3n) is 1.44. The number of carbonyl (C=O) groups excluding carboxylic acids is 1. The molecule has 1 atom stereocenters. The van der Waals surface area contributed by atoms with Crippen LogP contribution in [0.3, 0.4) is 0 Å². The molecule has 0 fully saturated rings. The third-order valence-corrected chi connectivity index (χ3v) is 2.33. The van der Waals surface area contributed by atoms with E-state index in [1.807, 2.05) is 20.8 Å². The zero-order chi connectivity index (χ0) is 13.0. The first-order valence-electron chi connectivity index (χ1n) is 5.50. The maximum Gasteiger partial charge on any atom is 0.308 e. The van der Waals surface area contributed by atoms with Gasteiger partial charge in [-0.15, -0.1) is 5.54 Å². The Morgan fingerprint density at radius 3 is 2.25 bits per heavy atom. The summed E-state index contributed by atoms with van der Waals surface area (Å²) in [7, 11) is -1.41.